The number of fused-ring (bicyclic) bond motifs is 21. The Morgan fingerprint density at radius 2 is 0.600 bits per heavy atom. The molecule has 0 aliphatic rings. The van der Waals surface area contributed by atoms with Gasteiger partial charge in [0.05, 0.1) is 55.2 Å². The van der Waals surface area contributed by atoms with Crippen molar-refractivity contribution in [3.63, 3.8) is 0 Å². The van der Waals surface area contributed by atoms with Gasteiger partial charge in [-0.05, 0) is 103 Å². The molecule has 0 aliphatic heterocycles. The van der Waals surface area contributed by atoms with E-state index in [-0.39, 0.29) is 0 Å². The number of rotatable bonds is 0. The first-order valence-corrected chi connectivity index (χ1v) is 36.1. The summed E-state index contributed by atoms with van der Waals surface area (Å²) in [5, 5.41) is 14.7. The Morgan fingerprint density at radius 1 is 0.229 bits per heavy atom. The Balaban J connectivity index is 0.0000000983. The van der Waals surface area contributed by atoms with Gasteiger partial charge in [0.1, 0.15) is 28.5 Å². The van der Waals surface area contributed by atoms with Gasteiger partial charge in [0, 0.05) is 222 Å². The lowest BCUT2D eigenvalue weighted by molar-refractivity contribution is 0.838. The molecule has 105 heavy (non-hydrogen) atoms. The van der Waals surface area contributed by atoms with Crippen molar-refractivity contribution in [1.29, 1.82) is 0 Å². The van der Waals surface area contributed by atoms with Crippen molar-refractivity contribution in [2.45, 2.75) is 48.5 Å². The van der Waals surface area contributed by atoms with Gasteiger partial charge in [-0.15, -0.1) is 0 Å². The maximum atomic E-state index is 4.60. The van der Waals surface area contributed by atoms with Gasteiger partial charge in [-0.2, -0.15) is 0 Å². The average Bonchev–Trinajstić information content (AvgIpc) is 1.66. The molecule has 14 heterocycles. The predicted octanol–water partition coefficient (Wildman–Crippen LogP) is 19.6. The van der Waals surface area contributed by atoms with Crippen LogP contribution in [0.3, 0.4) is 0 Å². The Bertz CT molecular complexity index is 6150. The van der Waals surface area contributed by atoms with Gasteiger partial charge in [-0.3, -0.25) is 0 Å². The van der Waals surface area contributed by atoms with Gasteiger partial charge < -0.3 is 63.9 Å². The number of imidazole rings is 2. The van der Waals surface area contributed by atoms with Crippen molar-refractivity contribution >= 4 is 153 Å². The maximum Gasteiger partial charge on any atom is 0.159 e. The second kappa shape index (κ2) is 26.3. The fraction of sp³-hybridized carbons (Fsp3) is 0.236. The zero-order valence-corrected chi connectivity index (χ0v) is 64.7. The van der Waals surface area contributed by atoms with E-state index in [1.165, 1.54) is 171 Å². The van der Waals surface area contributed by atoms with E-state index in [2.05, 4.69) is 408 Å². The Labute approximate surface area is 611 Å². The van der Waals surface area contributed by atoms with E-state index in [0.717, 1.165) is 22.8 Å². The van der Waals surface area contributed by atoms with Crippen molar-refractivity contribution in [3.8, 4) is 0 Å². The van der Waals surface area contributed by atoms with Crippen LogP contribution in [-0.4, -0.2) is 73.9 Å². The normalized spacial score (nSPS) is 11.7. The summed E-state index contributed by atoms with van der Waals surface area (Å²) >= 11 is 0. The van der Waals surface area contributed by atoms with Crippen molar-refractivity contribution in [3.05, 3.63) is 241 Å². The highest BCUT2D eigenvalue weighted by molar-refractivity contribution is 6.13. The van der Waals surface area contributed by atoms with Crippen LogP contribution < -0.4 is 0 Å². The molecule has 16 heteroatoms. The van der Waals surface area contributed by atoms with Crippen LogP contribution in [0, 0.1) is 48.5 Å². The van der Waals surface area contributed by atoms with E-state index >= 15 is 0 Å². The minimum Gasteiger partial charge on any atom is -0.352 e. The van der Waals surface area contributed by atoms with Crippen LogP contribution in [0.15, 0.2) is 201 Å². The third-order valence-corrected chi connectivity index (χ3v) is 23.0. The van der Waals surface area contributed by atoms with Crippen molar-refractivity contribution < 1.29 is 0 Å². The lowest BCUT2D eigenvalue weighted by Gasteiger charge is -2.02. The largest absolute Gasteiger partial charge is 0.352 e. The summed E-state index contributed by atoms with van der Waals surface area (Å²) in [5.74, 6) is 2.11. The minimum atomic E-state index is 1.06. The molecule has 14 aromatic heterocycles. The highest BCUT2D eigenvalue weighted by Gasteiger charge is 2.19. The average molecular weight is 1390 g/mol. The van der Waals surface area contributed by atoms with Crippen LogP contribution in [0.5, 0.6) is 0 Å². The van der Waals surface area contributed by atoms with Crippen LogP contribution in [0.2, 0.25) is 0 Å². The summed E-state index contributed by atoms with van der Waals surface area (Å²) in [6.07, 6.45) is 6.61. The predicted molar refractivity (Wildman–Crippen MR) is 445 cm³/mol. The van der Waals surface area contributed by atoms with E-state index in [1.807, 2.05) is 13.8 Å². The highest BCUT2D eigenvalue weighted by atomic mass is 15.2. The molecule has 0 saturated carbocycles. The molecular formula is C89H96N16. The summed E-state index contributed by atoms with van der Waals surface area (Å²) in [5.41, 5.74) is 28.1. The van der Waals surface area contributed by atoms with Crippen LogP contribution in [0.4, 0.5) is 0 Å². The molecule has 0 radical (unpaired) electrons. The molecular weight excluding hydrogens is 1290 g/mol. The molecule has 0 bridgehead atoms. The summed E-state index contributed by atoms with van der Waals surface area (Å²) in [6, 6.07) is 64.1. The summed E-state index contributed by atoms with van der Waals surface area (Å²) in [7, 11) is 29.5. The van der Waals surface area contributed by atoms with Crippen LogP contribution in [0.25, 0.3) is 153 Å². The lowest BCUT2D eigenvalue weighted by Crippen LogP contribution is -1.97. The third-order valence-electron chi connectivity index (χ3n) is 23.0. The number of hydrogen-bond acceptors (Lipinski definition) is 2. The van der Waals surface area contributed by atoms with E-state index in [1.54, 1.807) is 0 Å². The topological polar surface area (TPSA) is 94.8 Å². The molecule has 21 aromatic rings. The summed E-state index contributed by atoms with van der Waals surface area (Å²) < 4.78 is 31.0. The van der Waals surface area contributed by atoms with Crippen molar-refractivity contribution in [2.24, 2.45) is 98.7 Å². The van der Waals surface area contributed by atoms with Gasteiger partial charge in [0.2, 0.25) is 0 Å². The first kappa shape index (κ1) is 68.7. The van der Waals surface area contributed by atoms with Gasteiger partial charge in [0.25, 0.3) is 0 Å². The number of aromatic nitrogens is 16. The van der Waals surface area contributed by atoms with Crippen LogP contribution >= 0.6 is 0 Å². The first-order chi connectivity index (χ1) is 50.4. The molecule has 7 aromatic carbocycles. The smallest absolute Gasteiger partial charge is 0.159 e. The van der Waals surface area contributed by atoms with Crippen LogP contribution in [-0.2, 0) is 98.7 Å². The second-order valence-corrected chi connectivity index (χ2v) is 28.7. The Hall–Kier alpha value is -12.0. The summed E-state index contributed by atoms with van der Waals surface area (Å²) in [6.45, 7) is 14.9. The van der Waals surface area contributed by atoms with Gasteiger partial charge in [0.15, 0.2) is 5.65 Å². The standard InChI is InChI=1S/5C13H14N2.2C12H13N3/c1-9-13-11(8-14(9)2)10-6-4-5-7-12(10)15(13)3;2*1-9-13-10-6-4-5-7-11(10)15(3)12(13)8-14(9)2;1-9-8-11-10-6-4-5-7-12(10)15(3)13(11)14(9)2;1-9-8-12-13(14(9)2)10-6-4-5-7-11(10)15(12)3;1-8-13-12-11(14(8)2)9-6-4-5-7-10(9)15(12)3;1-8-13-11-9-6-4-5-7-10(9)15(3)12(11)14(8)2/h5*4-8H,1-3H3;2*4-7H,1-3H3. The van der Waals surface area contributed by atoms with E-state index < -0.39 is 0 Å². The maximum absolute atomic E-state index is 4.60. The Morgan fingerprint density at radius 3 is 1.12 bits per heavy atom. The molecule has 0 amide bonds. The number of nitrogens with zero attached hydrogens (tertiary/aromatic N) is 16. The number of aryl methyl sites for hydroxylation is 21. The molecule has 0 saturated heterocycles. The minimum absolute atomic E-state index is 1.06. The molecule has 532 valence electrons. The zero-order valence-electron chi connectivity index (χ0n) is 64.7. The van der Waals surface area contributed by atoms with Crippen molar-refractivity contribution in [1.82, 2.24) is 73.9 Å². The van der Waals surface area contributed by atoms with E-state index in [0.29, 0.717) is 0 Å². The second-order valence-electron chi connectivity index (χ2n) is 28.7. The molecule has 21 rings (SSSR count). The van der Waals surface area contributed by atoms with Gasteiger partial charge in [-0.1, -0.05) is 127 Å². The van der Waals surface area contributed by atoms with Gasteiger partial charge in [-0.25, -0.2) is 9.97 Å². The molecule has 0 fully saturated rings. The monoisotopic (exact) mass is 1390 g/mol. The third kappa shape index (κ3) is 10.9. The SMILES string of the molecule is Cc1c2c(cn1C)c1ccccc1n2C.Cc1c2c3ccccc3n(C)c2cn1C.Cc1c2c3ccccc3n(C)c2cn1C.Cc1cc2c(c3ccccc3n2C)n1C.Cc1cc2c3ccccc3n(C)c2n1C.Cc1nc2c(c3ccccc3n2C)n1C.Cc1nc2c3ccccc3n(C)c2n1C. The molecule has 0 atom stereocenters. The fourth-order valence-corrected chi connectivity index (χ4v) is 16.5. The number of para-hydroxylation sites is 7. The fourth-order valence-electron chi connectivity index (χ4n) is 16.5. The quantitative estimate of drug-likeness (QED) is 0.151. The molecule has 0 spiro atoms. The van der Waals surface area contributed by atoms with E-state index in [9.17, 15) is 0 Å². The highest BCUT2D eigenvalue weighted by Crippen LogP contribution is 2.37. The zero-order chi connectivity index (χ0) is 74.0. The Kier molecular flexibility index (Phi) is 17.2. The van der Waals surface area contributed by atoms with Gasteiger partial charge >= 0.3 is 0 Å². The summed E-state index contributed by atoms with van der Waals surface area (Å²) in [4.78, 5) is 9.18. The molecule has 0 N–H and O–H groups in total. The first-order valence-electron chi connectivity index (χ1n) is 36.1. The lowest BCUT2D eigenvalue weighted by atomic mass is 10.2. The van der Waals surface area contributed by atoms with Crippen LogP contribution in [0.1, 0.15) is 40.1 Å². The molecule has 0 aliphatic carbocycles. The van der Waals surface area contributed by atoms with E-state index in [4.69, 9.17) is 0 Å². The number of hydrogen-bond donors (Lipinski definition) is 0. The van der Waals surface area contributed by atoms with Crippen molar-refractivity contribution in [2.75, 3.05) is 0 Å². The molecule has 0 unspecified atom stereocenters. The molecule has 16 nitrogen and oxygen atoms in total. The number of benzene rings is 7.